The summed E-state index contributed by atoms with van der Waals surface area (Å²) >= 11 is 0. The molecule has 31 heavy (non-hydrogen) atoms. The molecule has 3 aliphatic heterocycles. The highest BCUT2D eigenvalue weighted by molar-refractivity contribution is 5.45. The van der Waals surface area contributed by atoms with Crippen LogP contribution in [0.1, 0.15) is 53.7 Å². The molecule has 6 nitrogen and oxygen atoms in total. The molecule has 0 aliphatic carbocycles. The number of aryl methyl sites for hydroxylation is 2. The Balaban J connectivity index is 1.23. The van der Waals surface area contributed by atoms with Gasteiger partial charge in [0.1, 0.15) is 24.6 Å². The Bertz CT molecular complexity index is 967. The zero-order chi connectivity index (χ0) is 21.6. The van der Waals surface area contributed by atoms with Crippen molar-refractivity contribution in [3.8, 4) is 17.2 Å². The van der Waals surface area contributed by atoms with Crippen LogP contribution in [0.25, 0.3) is 0 Å². The number of likely N-dealkylation sites (tertiary alicyclic amines) is 1. The predicted octanol–water partition coefficient (Wildman–Crippen LogP) is 3.46. The minimum absolute atomic E-state index is 0.327. The van der Waals surface area contributed by atoms with Gasteiger partial charge in [-0.15, -0.1) is 0 Å². The Labute approximate surface area is 183 Å². The quantitative estimate of drug-likeness (QED) is 0.785. The van der Waals surface area contributed by atoms with Crippen molar-refractivity contribution < 1.29 is 24.4 Å². The molecule has 5 rings (SSSR count). The summed E-state index contributed by atoms with van der Waals surface area (Å²) in [4.78, 5) is 2.28. The highest BCUT2D eigenvalue weighted by Gasteiger charge is 2.43. The maximum absolute atomic E-state index is 10.8. The molecule has 2 atom stereocenters. The lowest BCUT2D eigenvalue weighted by atomic mass is 9.81. The van der Waals surface area contributed by atoms with Gasteiger partial charge in [0.15, 0.2) is 11.5 Å². The molecule has 2 aromatic carbocycles. The molecule has 2 aromatic rings. The van der Waals surface area contributed by atoms with Gasteiger partial charge in [0, 0.05) is 31.6 Å². The maximum atomic E-state index is 10.8. The number of piperidine rings is 1. The molecule has 6 heteroatoms. The van der Waals surface area contributed by atoms with E-state index in [0.29, 0.717) is 31.9 Å². The number of nitrogens with zero attached hydrogens (tertiary/aromatic N) is 1. The van der Waals surface area contributed by atoms with Crippen LogP contribution in [0.15, 0.2) is 30.3 Å². The SMILES string of the molecule is Cc1cc2c(cc1C)[C@@H](O)CC1(CCN(C[C@@H](O)c3ccc4c(c3)OCCO4)CC1)O2. The number of benzene rings is 2. The largest absolute Gasteiger partial charge is 0.487 e. The van der Waals surface area contributed by atoms with Crippen LogP contribution < -0.4 is 14.2 Å². The van der Waals surface area contributed by atoms with Gasteiger partial charge in [-0.1, -0.05) is 6.07 Å². The first kappa shape index (κ1) is 20.6. The Morgan fingerprint density at radius 2 is 1.71 bits per heavy atom. The molecule has 0 saturated carbocycles. The maximum Gasteiger partial charge on any atom is 0.161 e. The lowest BCUT2D eigenvalue weighted by Gasteiger charge is -2.46. The number of hydrogen-bond donors (Lipinski definition) is 2. The predicted molar refractivity (Wildman–Crippen MR) is 117 cm³/mol. The molecule has 0 aromatic heterocycles. The summed E-state index contributed by atoms with van der Waals surface area (Å²) in [6, 6.07) is 9.78. The molecule has 0 bridgehead atoms. The van der Waals surface area contributed by atoms with Crippen molar-refractivity contribution in [2.45, 2.75) is 50.9 Å². The zero-order valence-electron chi connectivity index (χ0n) is 18.3. The summed E-state index contributed by atoms with van der Waals surface area (Å²) in [5.41, 5.74) is 3.79. The molecule has 1 saturated heterocycles. The third-order valence-electron chi connectivity index (χ3n) is 7.03. The second-order valence-electron chi connectivity index (χ2n) is 9.20. The van der Waals surface area contributed by atoms with Crippen LogP contribution in [0, 0.1) is 13.8 Å². The summed E-state index contributed by atoms with van der Waals surface area (Å²) < 4.78 is 17.7. The first-order chi connectivity index (χ1) is 14.9. The molecule has 1 spiro atoms. The van der Waals surface area contributed by atoms with Crippen LogP contribution >= 0.6 is 0 Å². The van der Waals surface area contributed by atoms with E-state index in [-0.39, 0.29) is 5.60 Å². The van der Waals surface area contributed by atoms with Crippen LogP contribution in [0.4, 0.5) is 0 Å². The van der Waals surface area contributed by atoms with E-state index >= 15 is 0 Å². The monoisotopic (exact) mass is 425 g/mol. The molecule has 3 heterocycles. The molecule has 3 aliphatic rings. The van der Waals surface area contributed by atoms with Gasteiger partial charge >= 0.3 is 0 Å². The van der Waals surface area contributed by atoms with Crippen molar-refractivity contribution in [2.75, 3.05) is 32.8 Å². The standard InChI is InChI=1S/C25H31NO5/c1-16-11-19-20(27)14-25(31-23(19)12-17(16)2)5-7-26(8-6-25)15-21(28)18-3-4-22-24(13-18)30-10-9-29-22/h3-4,11-13,20-21,27-28H,5-10,14-15H2,1-2H3/t20-,21+/m0/s1. The Morgan fingerprint density at radius 3 is 2.48 bits per heavy atom. The van der Waals surface area contributed by atoms with E-state index in [0.717, 1.165) is 48.6 Å². The first-order valence-electron chi connectivity index (χ1n) is 11.2. The van der Waals surface area contributed by atoms with E-state index in [1.165, 1.54) is 11.1 Å². The number of hydrogen-bond acceptors (Lipinski definition) is 6. The topological polar surface area (TPSA) is 71.4 Å². The average Bonchev–Trinajstić information content (AvgIpc) is 2.77. The van der Waals surface area contributed by atoms with Crippen molar-refractivity contribution in [3.63, 3.8) is 0 Å². The third-order valence-corrected chi connectivity index (χ3v) is 7.03. The van der Waals surface area contributed by atoms with Crippen molar-refractivity contribution in [1.82, 2.24) is 4.90 Å². The van der Waals surface area contributed by atoms with Gasteiger partial charge in [0.2, 0.25) is 0 Å². The minimum atomic E-state index is -0.589. The second-order valence-corrected chi connectivity index (χ2v) is 9.20. The molecule has 0 radical (unpaired) electrons. The smallest absolute Gasteiger partial charge is 0.161 e. The number of aliphatic hydroxyl groups is 2. The molecule has 0 amide bonds. The van der Waals surface area contributed by atoms with Crippen LogP contribution in [0.5, 0.6) is 17.2 Å². The fraction of sp³-hybridized carbons (Fsp3) is 0.520. The number of aliphatic hydroxyl groups excluding tert-OH is 2. The van der Waals surface area contributed by atoms with Gasteiger partial charge < -0.3 is 29.3 Å². The van der Waals surface area contributed by atoms with Gasteiger partial charge in [-0.25, -0.2) is 0 Å². The summed E-state index contributed by atoms with van der Waals surface area (Å²) in [6.07, 6.45) is 1.22. The van der Waals surface area contributed by atoms with Crippen LogP contribution in [-0.2, 0) is 0 Å². The fourth-order valence-corrected chi connectivity index (χ4v) is 4.96. The van der Waals surface area contributed by atoms with E-state index in [4.69, 9.17) is 14.2 Å². The van der Waals surface area contributed by atoms with E-state index in [9.17, 15) is 10.2 Å². The highest BCUT2D eigenvalue weighted by atomic mass is 16.6. The number of rotatable bonds is 3. The van der Waals surface area contributed by atoms with Crippen LogP contribution in [0.2, 0.25) is 0 Å². The van der Waals surface area contributed by atoms with Crippen molar-refractivity contribution in [2.24, 2.45) is 0 Å². The van der Waals surface area contributed by atoms with E-state index < -0.39 is 12.2 Å². The van der Waals surface area contributed by atoms with E-state index in [2.05, 4.69) is 30.9 Å². The fourth-order valence-electron chi connectivity index (χ4n) is 4.96. The molecule has 2 N–H and O–H groups in total. The van der Waals surface area contributed by atoms with E-state index in [1.807, 2.05) is 18.2 Å². The average molecular weight is 426 g/mol. The lowest BCUT2D eigenvalue weighted by molar-refractivity contribution is -0.0588. The normalized spacial score (nSPS) is 23.2. The van der Waals surface area contributed by atoms with Crippen molar-refractivity contribution >= 4 is 0 Å². The molecule has 1 fully saturated rings. The van der Waals surface area contributed by atoms with Gasteiger partial charge in [0.25, 0.3) is 0 Å². The van der Waals surface area contributed by atoms with Crippen molar-refractivity contribution in [1.29, 1.82) is 0 Å². The number of β-amino-alcohol motifs (C(OH)–C–C–N with tert-alkyl or cyclic N) is 1. The summed E-state index contributed by atoms with van der Waals surface area (Å²) in [6.45, 7) is 7.46. The summed E-state index contributed by atoms with van der Waals surface area (Å²) in [5, 5.41) is 21.6. The Hall–Kier alpha value is -2.28. The summed E-state index contributed by atoms with van der Waals surface area (Å²) in [7, 11) is 0. The van der Waals surface area contributed by atoms with Gasteiger partial charge in [-0.3, -0.25) is 0 Å². The van der Waals surface area contributed by atoms with E-state index in [1.54, 1.807) is 0 Å². The number of ether oxygens (including phenoxy) is 3. The Morgan fingerprint density at radius 1 is 1.00 bits per heavy atom. The molecule has 166 valence electrons. The van der Waals surface area contributed by atoms with Crippen LogP contribution in [-0.4, -0.2) is 53.6 Å². The Kier molecular flexibility index (Phi) is 5.32. The van der Waals surface area contributed by atoms with Gasteiger partial charge in [-0.05, 0) is 67.6 Å². The summed E-state index contributed by atoms with van der Waals surface area (Å²) in [5.74, 6) is 2.27. The first-order valence-corrected chi connectivity index (χ1v) is 11.2. The lowest BCUT2D eigenvalue weighted by Crippen LogP contribution is -2.51. The minimum Gasteiger partial charge on any atom is -0.487 e. The molecular formula is C25H31NO5. The highest BCUT2D eigenvalue weighted by Crippen LogP contribution is 2.45. The molecular weight excluding hydrogens is 394 g/mol. The zero-order valence-corrected chi connectivity index (χ0v) is 18.3. The van der Waals surface area contributed by atoms with Crippen molar-refractivity contribution in [3.05, 3.63) is 52.6 Å². The molecule has 0 unspecified atom stereocenters. The van der Waals surface area contributed by atoms with Gasteiger partial charge in [-0.2, -0.15) is 0 Å². The second kappa shape index (κ2) is 8.01. The third kappa shape index (κ3) is 4.00. The van der Waals surface area contributed by atoms with Crippen LogP contribution in [0.3, 0.4) is 0 Å². The number of fused-ring (bicyclic) bond motifs is 2. The van der Waals surface area contributed by atoms with Gasteiger partial charge in [0.05, 0.1) is 12.2 Å².